The van der Waals surface area contributed by atoms with Crippen LogP contribution in [-0.2, 0) is 0 Å². The molecule has 0 fully saturated rings. The minimum Gasteiger partial charge on any atom is -0.492 e. The van der Waals surface area contributed by atoms with E-state index in [0.29, 0.717) is 13.0 Å². The largest absolute Gasteiger partial charge is 0.492 e. The molecule has 0 atom stereocenters. The molecule has 1 aromatic rings. The Hall–Kier alpha value is -1.50. The zero-order chi connectivity index (χ0) is 15.7. The van der Waals surface area contributed by atoms with Gasteiger partial charge >= 0.3 is 0 Å². The van der Waals surface area contributed by atoms with Gasteiger partial charge in [-0.1, -0.05) is 18.8 Å². The van der Waals surface area contributed by atoms with E-state index in [0.717, 1.165) is 24.3 Å². The van der Waals surface area contributed by atoms with Crippen molar-refractivity contribution in [3.8, 4) is 17.6 Å². The molecule has 0 heterocycles. The van der Waals surface area contributed by atoms with Crippen LogP contribution in [0.15, 0.2) is 24.3 Å². The number of nitrogens with zero attached hydrogens (tertiary/aromatic N) is 1. The first-order valence-corrected chi connectivity index (χ1v) is 7.53. The summed E-state index contributed by atoms with van der Waals surface area (Å²) in [5, 5.41) is 8.68. The molecule has 0 aliphatic rings. The van der Waals surface area contributed by atoms with E-state index >= 15 is 0 Å². The fourth-order valence-corrected chi connectivity index (χ4v) is 1.73. The molecule has 21 heavy (non-hydrogen) atoms. The Morgan fingerprint density at radius 2 is 1.90 bits per heavy atom. The molecule has 1 N–H and O–H groups in total. The first kappa shape index (κ1) is 17.6. The maximum Gasteiger partial charge on any atom is 0.119 e. The van der Waals surface area contributed by atoms with Crippen LogP contribution in [0.4, 0.5) is 0 Å². The summed E-state index contributed by atoms with van der Waals surface area (Å²) < 4.78 is 5.77. The van der Waals surface area contributed by atoms with Crippen LogP contribution in [-0.4, -0.2) is 42.4 Å². The molecule has 0 bridgehead atoms. The minimum atomic E-state index is 0.107. The van der Waals surface area contributed by atoms with Crippen molar-refractivity contribution in [2.45, 2.75) is 39.2 Å². The average Bonchev–Trinajstić information content (AvgIpc) is 2.49. The Bertz CT molecular complexity index is 468. The van der Waals surface area contributed by atoms with Crippen LogP contribution in [0, 0.1) is 11.8 Å². The van der Waals surface area contributed by atoms with E-state index in [-0.39, 0.29) is 12.1 Å². The van der Waals surface area contributed by atoms with Gasteiger partial charge in [0.15, 0.2) is 0 Å². The van der Waals surface area contributed by atoms with Crippen LogP contribution in [0.25, 0.3) is 0 Å². The van der Waals surface area contributed by atoms with Gasteiger partial charge in [-0.05, 0) is 51.6 Å². The molecular weight excluding hydrogens is 262 g/mol. The van der Waals surface area contributed by atoms with Crippen LogP contribution in [0.3, 0.4) is 0 Å². The highest BCUT2D eigenvalue weighted by Crippen LogP contribution is 2.16. The van der Waals surface area contributed by atoms with E-state index in [1.807, 2.05) is 24.3 Å². The van der Waals surface area contributed by atoms with Crippen molar-refractivity contribution in [3.63, 3.8) is 0 Å². The topological polar surface area (TPSA) is 32.7 Å². The molecule has 0 radical (unpaired) electrons. The Labute approximate surface area is 128 Å². The third-order valence-electron chi connectivity index (χ3n) is 3.92. The molecule has 0 amide bonds. The third-order valence-corrected chi connectivity index (χ3v) is 3.92. The second-order valence-electron chi connectivity index (χ2n) is 5.74. The first-order valence-electron chi connectivity index (χ1n) is 7.53. The summed E-state index contributed by atoms with van der Waals surface area (Å²) in [6, 6.07) is 7.76. The Morgan fingerprint density at radius 1 is 1.24 bits per heavy atom. The lowest BCUT2D eigenvalue weighted by molar-refractivity contribution is 0.125. The molecule has 0 aliphatic heterocycles. The standard InChI is InChI=1S/C18H27NO2/c1-5-18(2,3)19(4)13-15-21-17-11-9-16(10-12-17)8-6-7-14-20/h9-12,20H,5,7,13-15H2,1-4H3. The van der Waals surface area contributed by atoms with E-state index in [1.165, 1.54) is 0 Å². The number of aliphatic hydroxyl groups is 1. The van der Waals surface area contributed by atoms with E-state index in [4.69, 9.17) is 9.84 Å². The first-order chi connectivity index (χ1) is 9.99. The van der Waals surface area contributed by atoms with Gasteiger partial charge in [0.2, 0.25) is 0 Å². The maximum absolute atomic E-state index is 8.68. The van der Waals surface area contributed by atoms with Gasteiger partial charge in [-0.2, -0.15) is 0 Å². The van der Waals surface area contributed by atoms with E-state index in [1.54, 1.807) is 0 Å². The molecule has 116 valence electrons. The lowest BCUT2D eigenvalue weighted by Gasteiger charge is -2.34. The smallest absolute Gasteiger partial charge is 0.119 e. The summed E-state index contributed by atoms with van der Waals surface area (Å²) in [5.74, 6) is 6.77. The Balaban J connectivity index is 2.42. The predicted molar refractivity (Wildman–Crippen MR) is 87.5 cm³/mol. The van der Waals surface area contributed by atoms with Crippen molar-refractivity contribution in [1.82, 2.24) is 4.90 Å². The van der Waals surface area contributed by atoms with Gasteiger partial charge in [0, 0.05) is 24.1 Å². The number of benzene rings is 1. The van der Waals surface area contributed by atoms with E-state index < -0.39 is 0 Å². The summed E-state index contributed by atoms with van der Waals surface area (Å²) in [4.78, 5) is 2.32. The number of aliphatic hydroxyl groups excluding tert-OH is 1. The highest BCUT2D eigenvalue weighted by atomic mass is 16.5. The Morgan fingerprint density at radius 3 is 2.48 bits per heavy atom. The van der Waals surface area contributed by atoms with Gasteiger partial charge in [-0.25, -0.2) is 0 Å². The molecular formula is C18H27NO2. The molecule has 0 aliphatic carbocycles. The summed E-state index contributed by atoms with van der Waals surface area (Å²) in [6.45, 7) is 8.37. The van der Waals surface area contributed by atoms with Gasteiger partial charge in [0.25, 0.3) is 0 Å². The molecule has 3 nitrogen and oxygen atoms in total. The van der Waals surface area contributed by atoms with Gasteiger partial charge in [-0.3, -0.25) is 4.90 Å². The van der Waals surface area contributed by atoms with Crippen LogP contribution in [0.1, 0.15) is 39.2 Å². The quantitative estimate of drug-likeness (QED) is 0.783. The number of hydrogen-bond donors (Lipinski definition) is 1. The van der Waals surface area contributed by atoms with Crippen molar-refractivity contribution in [1.29, 1.82) is 0 Å². The SMILES string of the molecule is CCC(C)(C)N(C)CCOc1ccc(C#CCCO)cc1. The summed E-state index contributed by atoms with van der Waals surface area (Å²) in [5.41, 5.74) is 1.15. The minimum absolute atomic E-state index is 0.107. The second-order valence-corrected chi connectivity index (χ2v) is 5.74. The molecule has 0 spiro atoms. The predicted octanol–water partition coefficient (Wildman–Crippen LogP) is 2.92. The summed E-state index contributed by atoms with van der Waals surface area (Å²) >= 11 is 0. The molecule has 0 unspecified atom stereocenters. The molecule has 0 saturated carbocycles. The molecule has 0 aromatic heterocycles. The van der Waals surface area contributed by atoms with Gasteiger partial charge in [0.05, 0.1) is 6.61 Å². The average molecular weight is 289 g/mol. The number of likely N-dealkylation sites (N-methyl/N-ethyl adjacent to an activating group) is 1. The zero-order valence-corrected chi connectivity index (χ0v) is 13.6. The Kier molecular flexibility index (Phi) is 7.28. The van der Waals surface area contributed by atoms with E-state index in [2.05, 4.69) is 44.6 Å². The van der Waals surface area contributed by atoms with Crippen molar-refractivity contribution in [2.24, 2.45) is 0 Å². The van der Waals surface area contributed by atoms with Crippen LogP contribution >= 0.6 is 0 Å². The van der Waals surface area contributed by atoms with Crippen LogP contribution in [0.5, 0.6) is 5.75 Å². The lowest BCUT2D eigenvalue weighted by atomic mass is 10.0. The van der Waals surface area contributed by atoms with Crippen LogP contribution < -0.4 is 4.74 Å². The van der Waals surface area contributed by atoms with Gasteiger partial charge in [-0.15, -0.1) is 0 Å². The fraction of sp³-hybridized carbons (Fsp3) is 0.556. The van der Waals surface area contributed by atoms with Crippen molar-refractivity contribution in [2.75, 3.05) is 26.8 Å². The molecule has 1 rings (SSSR count). The van der Waals surface area contributed by atoms with Crippen molar-refractivity contribution < 1.29 is 9.84 Å². The van der Waals surface area contributed by atoms with Gasteiger partial charge < -0.3 is 9.84 Å². The van der Waals surface area contributed by atoms with E-state index in [9.17, 15) is 0 Å². The van der Waals surface area contributed by atoms with Crippen molar-refractivity contribution >= 4 is 0 Å². The van der Waals surface area contributed by atoms with Crippen LogP contribution in [0.2, 0.25) is 0 Å². The number of ether oxygens (including phenoxy) is 1. The number of rotatable bonds is 7. The second kappa shape index (κ2) is 8.71. The third kappa shape index (κ3) is 6.20. The lowest BCUT2D eigenvalue weighted by Crippen LogP contribution is -2.42. The van der Waals surface area contributed by atoms with Gasteiger partial charge in [0.1, 0.15) is 12.4 Å². The number of hydrogen-bond acceptors (Lipinski definition) is 3. The highest BCUT2D eigenvalue weighted by Gasteiger charge is 2.20. The summed E-state index contributed by atoms with van der Waals surface area (Å²) in [7, 11) is 2.13. The highest BCUT2D eigenvalue weighted by molar-refractivity contribution is 5.38. The normalized spacial score (nSPS) is 11.1. The van der Waals surface area contributed by atoms with Crippen molar-refractivity contribution in [3.05, 3.63) is 29.8 Å². The maximum atomic E-state index is 8.68. The molecule has 1 aromatic carbocycles. The molecule has 0 saturated heterocycles. The fourth-order valence-electron chi connectivity index (χ4n) is 1.73. The monoisotopic (exact) mass is 289 g/mol. The zero-order valence-electron chi connectivity index (χ0n) is 13.6. The molecule has 3 heteroatoms. The summed E-state index contributed by atoms with van der Waals surface area (Å²) in [6.07, 6.45) is 1.63.